The fraction of sp³-hybridized carbons (Fsp3) is 0.188. The molecule has 0 radical (unpaired) electrons. The van der Waals surface area contributed by atoms with Crippen LogP contribution in [0.25, 0.3) is 22.3 Å². The Labute approximate surface area is 112 Å². The van der Waals surface area contributed by atoms with Gasteiger partial charge in [-0.25, -0.2) is 0 Å². The second-order valence-electron chi connectivity index (χ2n) is 4.90. The summed E-state index contributed by atoms with van der Waals surface area (Å²) >= 11 is 0. The summed E-state index contributed by atoms with van der Waals surface area (Å²) < 4.78 is 2.18. The van der Waals surface area contributed by atoms with Gasteiger partial charge in [-0.2, -0.15) is 0 Å². The molecule has 0 saturated heterocycles. The molecule has 0 bridgehead atoms. The summed E-state index contributed by atoms with van der Waals surface area (Å²) in [6, 6.07) is 12.7. The first-order valence-corrected chi connectivity index (χ1v) is 6.40. The summed E-state index contributed by atoms with van der Waals surface area (Å²) in [7, 11) is 2.07. The Morgan fingerprint density at radius 2 is 2.00 bits per heavy atom. The van der Waals surface area contributed by atoms with E-state index in [1.54, 1.807) is 0 Å². The highest BCUT2D eigenvalue weighted by atomic mass is 15.0. The standard InChI is InChI=1S/C16H17N3/c1-11-3-4-15-13(7-11)9-16(19(15)2)14-8-12(10-17)5-6-18-14/h3-9H,10,17H2,1-2H3. The second kappa shape index (κ2) is 4.52. The molecule has 0 unspecified atom stereocenters. The normalized spacial score (nSPS) is 11.1. The molecule has 0 aliphatic heterocycles. The average molecular weight is 251 g/mol. The summed E-state index contributed by atoms with van der Waals surface area (Å²) in [4.78, 5) is 4.46. The van der Waals surface area contributed by atoms with Crippen LogP contribution in [0, 0.1) is 6.92 Å². The zero-order chi connectivity index (χ0) is 13.4. The van der Waals surface area contributed by atoms with E-state index in [-0.39, 0.29) is 0 Å². The number of hydrogen-bond acceptors (Lipinski definition) is 2. The molecule has 0 aliphatic rings. The van der Waals surface area contributed by atoms with Crippen molar-refractivity contribution in [3.63, 3.8) is 0 Å². The molecule has 3 rings (SSSR count). The molecule has 1 aromatic carbocycles. The van der Waals surface area contributed by atoms with E-state index in [0.717, 1.165) is 17.0 Å². The Bertz CT molecular complexity index is 741. The van der Waals surface area contributed by atoms with Crippen molar-refractivity contribution < 1.29 is 0 Å². The Kier molecular flexibility index (Phi) is 2.84. The molecular formula is C16H17N3. The minimum Gasteiger partial charge on any atom is -0.342 e. The minimum absolute atomic E-state index is 0.540. The number of aryl methyl sites for hydroxylation is 2. The lowest BCUT2D eigenvalue weighted by Gasteiger charge is -2.05. The second-order valence-corrected chi connectivity index (χ2v) is 4.90. The fourth-order valence-electron chi connectivity index (χ4n) is 2.46. The van der Waals surface area contributed by atoms with E-state index in [9.17, 15) is 0 Å². The molecule has 0 atom stereocenters. The molecule has 0 amide bonds. The third kappa shape index (κ3) is 2.02. The maximum atomic E-state index is 5.70. The van der Waals surface area contributed by atoms with Crippen LogP contribution in [0.4, 0.5) is 0 Å². The number of hydrogen-bond donors (Lipinski definition) is 1. The molecule has 3 nitrogen and oxygen atoms in total. The number of aromatic nitrogens is 2. The number of fused-ring (bicyclic) bond motifs is 1. The zero-order valence-corrected chi connectivity index (χ0v) is 11.2. The number of pyridine rings is 1. The van der Waals surface area contributed by atoms with Crippen molar-refractivity contribution in [1.29, 1.82) is 0 Å². The van der Waals surface area contributed by atoms with Gasteiger partial charge in [-0.3, -0.25) is 4.98 Å². The first kappa shape index (κ1) is 11.9. The van der Waals surface area contributed by atoms with Crippen molar-refractivity contribution in [1.82, 2.24) is 9.55 Å². The predicted molar refractivity (Wildman–Crippen MR) is 78.8 cm³/mol. The van der Waals surface area contributed by atoms with E-state index < -0.39 is 0 Å². The van der Waals surface area contributed by atoms with E-state index in [4.69, 9.17) is 5.73 Å². The van der Waals surface area contributed by atoms with Crippen LogP contribution in [0.5, 0.6) is 0 Å². The third-order valence-corrected chi connectivity index (χ3v) is 3.52. The molecule has 0 spiro atoms. The number of benzene rings is 1. The lowest BCUT2D eigenvalue weighted by atomic mass is 10.1. The smallest absolute Gasteiger partial charge is 0.0869 e. The van der Waals surface area contributed by atoms with E-state index in [1.165, 1.54) is 16.5 Å². The first-order valence-electron chi connectivity index (χ1n) is 6.40. The van der Waals surface area contributed by atoms with E-state index in [0.29, 0.717) is 6.54 Å². The Balaban J connectivity index is 2.21. The maximum Gasteiger partial charge on any atom is 0.0869 e. The Morgan fingerprint density at radius 3 is 2.79 bits per heavy atom. The van der Waals surface area contributed by atoms with Crippen molar-refractivity contribution in [3.05, 3.63) is 53.7 Å². The highest BCUT2D eigenvalue weighted by Crippen LogP contribution is 2.26. The van der Waals surface area contributed by atoms with E-state index >= 15 is 0 Å². The van der Waals surface area contributed by atoms with Crippen LogP contribution >= 0.6 is 0 Å². The highest BCUT2D eigenvalue weighted by Gasteiger charge is 2.09. The van der Waals surface area contributed by atoms with Gasteiger partial charge < -0.3 is 10.3 Å². The van der Waals surface area contributed by atoms with Crippen LogP contribution in [0.3, 0.4) is 0 Å². The van der Waals surface area contributed by atoms with Gasteiger partial charge in [-0.15, -0.1) is 0 Å². The lowest BCUT2D eigenvalue weighted by molar-refractivity contribution is 0.966. The number of nitrogens with zero attached hydrogens (tertiary/aromatic N) is 2. The van der Waals surface area contributed by atoms with Crippen LogP contribution in [-0.4, -0.2) is 9.55 Å². The van der Waals surface area contributed by atoms with Crippen molar-refractivity contribution in [2.75, 3.05) is 0 Å². The highest BCUT2D eigenvalue weighted by molar-refractivity contribution is 5.86. The van der Waals surface area contributed by atoms with Gasteiger partial charge in [-0.1, -0.05) is 11.6 Å². The van der Waals surface area contributed by atoms with E-state index in [2.05, 4.69) is 53.9 Å². The minimum atomic E-state index is 0.540. The van der Waals surface area contributed by atoms with Crippen LogP contribution in [-0.2, 0) is 13.6 Å². The maximum absolute atomic E-state index is 5.70. The molecule has 3 heteroatoms. The van der Waals surface area contributed by atoms with Gasteiger partial charge in [0.1, 0.15) is 0 Å². The lowest BCUT2D eigenvalue weighted by Crippen LogP contribution is -1.98. The monoisotopic (exact) mass is 251 g/mol. The molecule has 0 saturated carbocycles. The summed E-state index contributed by atoms with van der Waals surface area (Å²) in [5.41, 5.74) is 11.4. The molecule has 96 valence electrons. The molecule has 19 heavy (non-hydrogen) atoms. The number of nitrogens with two attached hydrogens (primary N) is 1. The molecule has 0 aliphatic carbocycles. The Morgan fingerprint density at radius 1 is 1.16 bits per heavy atom. The van der Waals surface area contributed by atoms with Gasteiger partial charge in [0.2, 0.25) is 0 Å². The topological polar surface area (TPSA) is 43.8 Å². The zero-order valence-electron chi connectivity index (χ0n) is 11.2. The molecule has 2 aromatic heterocycles. The Hall–Kier alpha value is -2.13. The van der Waals surface area contributed by atoms with Gasteiger partial charge in [-0.05, 0) is 42.8 Å². The molecule has 2 heterocycles. The van der Waals surface area contributed by atoms with Gasteiger partial charge in [0, 0.05) is 30.7 Å². The summed E-state index contributed by atoms with van der Waals surface area (Å²) in [5, 5.41) is 1.25. The predicted octanol–water partition coefficient (Wildman–Crippen LogP) is 3.01. The quantitative estimate of drug-likeness (QED) is 0.761. The van der Waals surface area contributed by atoms with Gasteiger partial charge in [0.05, 0.1) is 11.4 Å². The largest absolute Gasteiger partial charge is 0.342 e. The molecule has 2 N–H and O–H groups in total. The molecule has 3 aromatic rings. The fourth-order valence-corrected chi connectivity index (χ4v) is 2.46. The molecular weight excluding hydrogens is 234 g/mol. The summed E-state index contributed by atoms with van der Waals surface area (Å²) in [5.74, 6) is 0. The van der Waals surface area contributed by atoms with Crippen LogP contribution in [0.2, 0.25) is 0 Å². The SMILES string of the molecule is Cc1ccc2c(c1)cc(-c1cc(CN)ccn1)n2C. The van der Waals surface area contributed by atoms with Crippen molar-refractivity contribution >= 4 is 10.9 Å². The third-order valence-electron chi connectivity index (χ3n) is 3.52. The van der Waals surface area contributed by atoms with Crippen LogP contribution in [0.1, 0.15) is 11.1 Å². The molecule has 0 fully saturated rings. The van der Waals surface area contributed by atoms with Crippen molar-refractivity contribution in [2.24, 2.45) is 12.8 Å². The first-order chi connectivity index (χ1) is 9.19. The van der Waals surface area contributed by atoms with Crippen molar-refractivity contribution in [2.45, 2.75) is 13.5 Å². The van der Waals surface area contributed by atoms with Crippen molar-refractivity contribution in [3.8, 4) is 11.4 Å². The van der Waals surface area contributed by atoms with Gasteiger partial charge >= 0.3 is 0 Å². The van der Waals surface area contributed by atoms with Crippen LogP contribution < -0.4 is 5.73 Å². The average Bonchev–Trinajstić information content (AvgIpc) is 2.75. The summed E-state index contributed by atoms with van der Waals surface area (Å²) in [6.07, 6.45) is 1.82. The number of rotatable bonds is 2. The van der Waals surface area contributed by atoms with Crippen LogP contribution in [0.15, 0.2) is 42.6 Å². The van der Waals surface area contributed by atoms with Gasteiger partial charge in [0.15, 0.2) is 0 Å². The summed E-state index contributed by atoms with van der Waals surface area (Å²) in [6.45, 7) is 2.65. The van der Waals surface area contributed by atoms with E-state index in [1.807, 2.05) is 12.3 Å². The van der Waals surface area contributed by atoms with Gasteiger partial charge in [0.25, 0.3) is 0 Å².